The number of aryl methyl sites for hydroxylation is 1. The molecule has 0 bridgehead atoms. The van der Waals surface area contributed by atoms with Gasteiger partial charge in [-0.15, -0.1) is 0 Å². The molecule has 21 heavy (non-hydrogen) atoms. The Hall–Kier alpha value is -0.840. The zero-order valence-electron chi connectivity index (χ0n) is 14.5. The fourth-order valence-corrected chi connectivity index (χ4v) is 3.84. The Morgan fingerprint density at radius 1 is 1.24 bits per heavy atom. The van der Waals surface area contributed by atoms with Gasteiger partial charge in [-0.25, -0.2) is 0 Å². The molecule has 2 rings (SSSR count). The molecule has 1 saturated heterocycles. The van der Waals surface area contributed by atoms with Gasteiger partial charge in [0.2, 0.25) is 0 Å². The highest BCUT2D eigenvalue weighted by Crippen LogP contribution is 2.42. The van der Waals surface area contributed by atoms with Gasteiger partial charge in [-0.1, -0.05) is 0 Å². The first-order valence-corrected chi connectivity index (χ1v) is 7.76. The van der Waals surface area contributed by atoms with E-state index in [1.165, 1.54) is 5.56 Å². The summed E-state index contributed by atoms with van der Waals surface area (Å²) in [5.41, 5.74) is 0.987. The lowest BCUT2D eigenvalue weighted by Gasteiger charge is -2.32. The molecule has 0 spiro atoms. The van der Waals surface area contributed by atoms with Crippen molar-refractivity contribution in [2.24, 2.45) is 5.92 Å². The average molecular weight is 294 g/mol. The van der Waals surface area contributed by atoms with Gasteiger partial charge in [0.25, 0.3) is 0 Å². The van der Waals surface area contributed by atoms with Gasteiger partial charge >= 0.3 is 0 Å². The summed E-state index contributed by atoms with van der Waals surface area (Å²) >= 11 is 0. The molecule has 1 aromatic heterocycles. The SMILES string of the molecule is CNC1C(CN(C)Cc2ccoc2C)C(C)(C)OC1(C)C. The zero-order chi connectivity index (χ0) is 15.8. The number of rotatable bonds is 5. The number of likely N-dealkylation sites (N-methyl/N-ethyl adjacent to an activating group) is 1. The summed E-state index contributed by atoms with van der Waals surface area (Å²) in [5, 5.41) is 3.47. The predicted molar refractivity (Wildman–Crippen MR) is 85.4 cm³/mol. The van der Waals surface area contributed by atoms with E-state index in [9.17, 15) is 0 Å². The maximum absolute atomic E-state index is 6.30. The van der Waals surface area contributed by atoms with Crippen molar-refractivity contribution in [3.8, 4) is 0 Å². The second-order valence-electron chi connectivity index (χ2n) is 7.38. The molecule has 120 valence electrons. The Kier molecular flexibility index (Phi) is 4.52. The Morgan fingerprint density at radius 3 is 2.43 bits per heavy atom. The number of hydrogen-bond acceptors (Lipinski definition) is 4. The second kappa shape index (κ2) is 5.75. The van der Waals surface area contributed by atoms with Crippen molar-refractivity contribution in [2.45, 2.75) is 58.4 Å². The second-order valence-corrected chi connectivity index (χ2v) is 7.38. The van der Waals surface area contributed by atoms with E-state index < -0.39 is 0 Å². The minimum Gasteiger partial charge on any atom is -0.469 e. The molecule has 0 aliphatic carbocycles. The highest BCUT2D eigenvalue weighted by Gasteiger charge is 2.53. The average Bonchev–Trinajstić information content (AvgIpc) is 2.79. The van der Waals surface area contributed by atoms with Crippen LogP contribution in [0.15, 0.2) is 16.7 Å². The molecule has 0 saturated carbocycles. The topological polar surface area (TPSA) is 37.6 Å². The number of nitrogens with one attached hydrogen (secondary N) is 1. The fraction of sp³-hybridized carbons (Fsp3) is 0.765. The summed E-state index contributed by atoms with van der Waals surface area (Å²) in [6.07, 6.45) is 1.76. The fourth-order valence-electron chi connectivity index (χ4n) is 3.84. The summed E-state index contributed by atoms with van der Waals surface area (Å²) in [5.74, 6) is 1.45. The lowest BCUT2D eigenvalue weighted by Crippen LogP contribution is -2.49. The van der Waals surface area contributed by atoms with Crippen molar-refractivity contribution < 1.29 is 9.15 Å². The number of ether oxygens (including phenoxy) is 1. The molecule has 2 atom stereocenters. The highest BCUT2D eigenvalue weighted by atomic mass is 16.5. The zero-order valence-corrected chi connectivity index (χ0v) is 14.5. The van der Waals surface area contributed by atoms with Gasteiger partial charge < -0.3 is 19.4 Å². The van der Waals surface area contributed by atoms with Gasteiger partial charge in [0.1, 0.15) is 5.76 Å². The third-order valence-electron chi connectivity index (χ3n) is 4.80. The van der Waals surface area contributed by atoms with Crippen molar-refractivity contribution in [3.05, 3.63) is 23.7 Å². The van der Waals surface area contributed by atoms with E-state index >= 15 is 0 Å². The lowest BCUT2D eigenvalue weighted by atomic mass is 9.82. The molecule has 1 N–H and O–H groups in total. The predicted octanol–water partition coefficient (Wildman–Crippen LogP) is 2.81. The smallest absolute Gasteiger partial charge is 0.105 e. The first-order valence-electron chi connectivity index (χ1n) is 7.76. The molecule has 1 aromatic rings. The molecule has 4 heteroatoms. The monoisotopic (exact) mass is 294 g/mol. The summed E-state index contributed by atoms with van der Waals surface area (Å²) in [4.78, 5) is 2.36. The summed E-state index contributed by atoms with van der Waals surface area (Å²) < 4.78 is 11.7. The molecule has 0 amide bonds. The van der Waals surface area contributed by atoms with Crippen molar-refractivity contribution in [1.82, 2.24) is 10.2 Å². The summed E-state index contributed by atoms with van der Waals surface area (Å²) in [6.45, 7) is 12.7. The first kappa shape index (κ1) is 16.5. The van der Waals surface area contributed by atoms with Crippen LogP contribution >= 0.6 is 0 Å². The van der Waals surface area contributed by atoms with Crippen LogP contribution < -0.4 is 5.32 Å². The molecule has 0 radical (unpaired) electrons. The van der Waals surface area contributed by atoms with E-state index in [2.05, 4.69) is 51.0 Å². The standard InChI is InChI=1S/C17H30N2O2/c1-12-13(8-9-20-12)10-19(7)11-14-15(18-6)17(4,5)21-16(14,2)3/h8-9,14-15,18H,10-11H2,1-7H3. The molecule has 1 aliphatic heterocycles. The minimum atomic E-state index is -0.144. The molecular formula is C17H30N2O2. The van der Waals surface area contributed by atoms with Crippen molar-refractivity contribution in [2.75, 3.05) is 20.6 Å². The van der Waals surface area contributed by atoms with Crippen LogP contribution in [0.5, 0.6) is 0 Å². The maximum atomic E-state index is 6.30. The molecule has 1 fully saturated rings. The van der Waals surface area contributed by atoms with Crippen molar-refractivity contribution >= 4 is 0 Å². The van der Waals surface area contributed by atoms with Crippen LogP contribution in [0.1, 0.15) is 39.0 Å². The van der Waals surface area contributed by atoms with Gasteiger partial charge in [-0.05, 0) is 54.8 Å². The van der Waals surface area contributed by atoms with Gasteiger partial charge in [0.15, 0.2) is 0 Å². The quantitative estimate of drug-likeness (QED) is 0.906. The minimum absolute atomic E-state index is 0.128. The molecule has 2 heterocycles. The number of nitrogens with zero attached hydrogens (tertiary/aromatic N) is 1. The van der Waals surface area contributed by atoms with Crippen LogP contribution in [0.2, 0.25) is 0 Å². The van der Waals surface area contributed by atoms with Crippen LogP contribution in [0.4, 0.5) is 0 Å². The van der Waals surface area contributed by atoms with E-state index in [0.29, 0.717) is 12.0 Å². The largest absolute Gasteiger partial charge is 0.469 e. The molecule has 1 aliphatic rings. The number of furan rings is 1. The summed E-state index contributed by atoms with van der Waals surface area (Å²) in [6, 6.07) is 2.40. The van der Waals surface area contributed by atoms with Crippen molar-refractivity contribution in [1.29, 1.82) is 0 Å². The normalized spacial score (nSPS) is 27.4. The van der Waals surface area contributed by atoms with Crippen LogP contribution in [0.25, 0.3) is 0 Å². The van der Waals surface area contributed by atoms with Crippen molar-refractivity contribution in [3.63, 3.8) is 0 Å². The Bertz CT molecular complexity index is 479. The van der Waals surface area contributed by atoms with Gasteiger partial charge in [-0.3, -0.25) is 0 Å². The van der Waals surface area contributed by atoms with E-state index in [-0.39, 0.29) is 11.2 Å². The van der Waals surface area contributed by atoms with E-state index in [0.717, 1.165) is 18.8 Å². The molecule has 2 unspecified atom stereocenters. The Morgan fingerprint density at radius 2 is 1.90 bits per heavy atom. The van der Waals surface area contributed by atoms with Gasteiger partial charge in [0.05, 0.1) is 17.5 Å². The van der Waals surface area contributed by atoms with Gasteiger partial charge in [0, 0.05) is 30.6 Å². The first-order chi connectivity index (χ1) is 9.67. The summed E-state index contributed by atoms with van der Waals surface area (Å²) in [7, 11) is 4.20. The third-order valence-corrected chi connectivity index (χ3v) is 4.80. The van der Waals surface area contributed by atoms with E-state index in [4.69, 9.17) is 9.15 Å². The lowest BCUT2D eigenvalue weighted by molar-refractivity contribution is -0.0791. The molecule has 4 nitrogen and oxygen atoms in total. The van der Waals surface area contributed by atoms with E-state index in [1.807, 2.05) is 14.0 Å². The third kappa shape index (κ3) is 3.33. The highest BCUT2D eigenvalue weighted by molar-refractivity contribution is 5.15. The van der Waals surface area contributed by atoms with Crippen LogP contribution in [0, 0.1) is 12.8 Å². The van der Waals surface area contributed by atoms with Crippen LogP contribution in [-0.4, -0.2) is 42.8 Å². The Labute approximate surface area is 128 Å². The Balaban J connectivity index is 2.08. The van der Waals surface area contributed by atoms with Crippen LogP contribution in [-0.2, 0) is 11.3 Å². The van der Waals surface area contributed by atoms with Crippen LogP contribution in [0.3, 0.4) is 0 Å². The molecule has 0 aromatic carbocycles. The molecular weight excluding hydrogens is 264 g/mol. The number of hydrogen-bond donors (Lipinski definition) is 1. The maximum Gasteiger partial charge on any atom is 0.105 e. The van der Waals surface area contributed by atoms with E-state index in [1.54, 1.807) is 6.26 Å². The van der Waals surface area contributed by atoms with Gasteiger partial charge in [-0.2, -0.15) is 0 Å².